The molecule has 1 aromatic carbocycles. The highest BCUT2D eigenvalue weighted by Gasteiger charge is 2.27. The number of rotatable bonds is 4. The Kier molecular flexibility index (Phi) is 9.35. The first-order valence-electron chi connectivity index (χ1n) is 9.36. The molecule has 1 saturated heterocycles. The monoisotopic (exact) mass is 488 g/mol. The summed E-state index contributed by atoms with van der Waals surface area (Å²) in [6, 6.07) is 8.38. The van der Waals surface area contributed by atoms with Gasteiger partial charge in [-0.15, -0.1) is 24.0 Å². The molecule has 1 atom stereocenters. The van der Waals surface area contributed by atoms with E-state index in [1.54, 1.807) is 0 Å². The molecule has 1 aliphatic heterocycles. The van der Waals surface area contributed by atoms with Crippen LogP contribution in [0.2, 0.25) is 0 Å². The SMILES string of the molecule is CCNC(=NCc1ccccc1C)N1CCC(NC(=O)OC(C)(C)C)C1.I. The highest BCUT2D eigenvalue weighted by atomic mass is 127. The third-order valence-electron chi connectivity index (χ3n) is 4.20. The number of nitrogens with one attached hydrogen (secondary N) is 2. The molecule has 2 rings (SSSR count). The first kappa shape index (κ1) is 23.5. The van der Waals surface area contributed by atoms with Crippen LogP contribution in [0.3, 0.4) is 0 Å². The van der Waals surface area contributed by atoms with Gasteiger partial charge in [-0.25, -0.2) is 9.79 Å². The molecule has 0 spiro atoms. The number of aryl methyl sites for hydroxylation is 1. The number of guanidine groups is 1. The van der Waals surface area contributed by atoms with Crippen LogP contribution < -0.4 is 10.6 Å². The fourth-order valence-corrected chi connectivity index (χ4v) is 2.92. The summed E-state index contributed by atoms with van der Waals surface area (Å²) in [5.74, 6) is 0.893. The zero-order valence-electron chi connectivity index (χ0n) is 17.0. The molecule has 0 aliphatic carbocycles. The average molecular weight is 488 g/mol. The van der Waals surface area contributed by atoms with E-state index in [-0.39, 0.29) is 36.1 Å². The van der Waals surface area contributed by atoms with Crippen LogP contribution >= 0.6 is 24.0 Å². The van der Waals surface area contributed by atoms with Crippen LogP contribution in [0.25, 0.3) is 0 Å². The van der Waals surface area contributed by atoms with Crippen molar-refractivity contribution in [2.45, 2.75) is 59.2 Å². The van der Waals surface area contributed by atoms with Crippen LogP contribution in [0, 0.1) is 6.92 Å². The lowest BCUT2D eigenvalue weighted by molar-refractivity contribution is 0.0507. The fraction of sp³-hybridized carbons (Fsp3) is 0.600. The number of benzene rings is 1. The summed E-state index contributed by atoms with van der Waals surface area (Å²) < 4.78 is 5.35. The molecule has 2 N–H and O–H groups in total. The standard InChI is InChI=1S/C20H32N4O2.HI/c1-6-21-18(22-13-16-10-8-7-9-15(16)2)24-12-11-17(14-24)23-19(25)26-20(3,4)5;/h7-10,17H,6,11-14H2,1-5H3,(H,21,22)(H,23,25);1H. The van der Waals surface area contributed by atoms with Crippen molar-refractivity contribution in [1.29, 1.82) is 0 Å². The predicted octanol–water partition coefficient (Wildman–Crippen LogP) is 3.68. The first-order chi connectivity index (χ1) is 12.3. The van der Waals surface area contributed by atoms with Crippen LogP contribution in [-0.4, -0.2) is 48.2 Å². The molecular formula is C20H33IN4O2. The third-order valence-corrected chi connectivity index (χ3v) is 4.20. The number of amides is 1. The summed E-state index contributed by atoms with van der Waals surface area (Å²) in [6.45, 7) is 12.8. The molecule has 27 heavy (non-hydrogen) atoms. The molecule has 1 heterocycles. The number of halogens is 1. The highest BCUT2D eigenvalue weighted by molar-refractivity contribution is 14.0. The van der Waals surface area contributed by atoms with Gasteiger partial charge in [-0.05, 0) is 52.2 Å². The molecule has 1 fully saturated rings. The summed E-state index contributed by atoms with van der Waals surface area (Å²) in [5, 5.41) is 6.32. The second-order valence-corrected chi connectivity index (χ2v) is 7.67. The second kappa shape index (κ2) is 10.7. The first-order valence-corrected chi connectivity index (χ1v) is 9.36. The Balaban J connectivity index is 0.00000364. The molecule has 0 radical (unpaired) electrons. The number of hydrogen-bond donors (Lipinski definition) is 2. The van der Waals surface area contributed by atoms with Gasteiger partial charge in [0.1, 0.15) is 5.60 Å². The van der Waals surface area contributed by atoms with E-state index in [0.29, 0.717) is 6.54 Å². The van der Waals surface area contributed by atoms with Crippen molar-refractivity contribution in [3.8, 4) is 0 Å². The lowest BCUT2D eigenvalue weighted by atomic mass is 10.1. The Bertz CT molecular complexity index is 643. The van der Waals surface area contributed by atoms with E-state index in [9.17, 15) is 4.79 Å². The van der Waals surface area contributed by atoms with Gasteiger partial charge in [-0.2, -0.15) is 0 Å². The van der Waals surface area contributed by atoms with Crippen molar-refractivity contribution < 1.29 is 9.53 Å². The third kappa shape index (κ3) is 7.94. The Morgan fingerprint density at radius 1 is 1.33 bits per heavy atom. The molecule has 0 bridgehead atoms. The van der Waals surface area contributed by atoms with Crippen molar-refractivity contribution in [3.63, 3.8) is 0 Å². The zero-order chi connectivity index (χ0) is 19.2. The molecule has 1 amide bonds. The van der Waals surface area contributed by atoms with E-state index in [1.165, 1.54) is 11.1 Å². The summed E-state index contributed by atoms with van der Waals surface area (Å²) in [7, 11) is 0. The number of likely N-dealkylation sites (tertiary alicyclic amines) is 1. The maximum absolute atomic E-state index is 12.0. The molecule has 152 valence electrons. The zero-order valence-corrected chi connectivity index (χ0v) is 19.4. The fourth-order valence-electron chi connectivity index (χ4n) is 2.92. The topological polar surface area (TPSA) is 66.0 Å². The van der Waals surface area contributed by atoms with Crippen LogP contribution in [-0.2, 0) is 11.3 Å². The Morgan fingerprint density at radius 3 is 2.67 bits per heavy atom. The number of alkyl carbamates (subject to hydrolysis) is 1. The summed E-state index contributed by atoms with van der Waals surface area (Å²) in [6.07, 6.45) is 0.528. The molecule has 0 aromatic heterocycles. The minimum absolute atomic E-state index is 0. The normalized spacial score (nSPS) is 17.3. The molecule has 1 unspecified atom stereocenters. The van der Waals surface area contributed by atoms with Gasteiger partial charge in [0.05, 0.1) is 12.6 Å². The number of hydrogen-bond acceptors (Lipinski definition) is 3. The molecule has 6 nitrogen and oxygen atoms in total. The van der Waals surface area contributed by atoms with E-state index < -0.39 is 5.60 Å². The van der Waals surface area contributed by atoms with Gasteiger partial charge < -0.3 is 20.3 Å². The summed E-state index contributed by atoms with van der Waals surface area (Å²) in [5.41, 5.74) is 2.00. The molecule has 1 aliphatic rings. The molecular weight excluding hydrogens is 455 g/mol. The smallest absolute Gasteiger partial charge is 0.407 e. The quantitative estimate of drug-likeness (QED) is 0.386. The predicted molar refractivity (Wildman–Crippen MR) is 121 cm³/mol. The molecule has 0 saturated carbocycles. The Labute approximate surface area is 180 Å². The highest BCUT2D eigenvalue weighted by Crippen LogP contribution is 2.13. The van der Waals surface area contributed by atoms with Crippen LogP contribution in [0.15, 0.2) is 29.3 Å². The van der Waals surface area contributed by atoms with E-state index in [0.717, 1.165) is 32.0 Å². The van der Waals surface area contributed by atoms with Crippen molar-refractivity contribution in [2.75, 3.05) is 19.6 Å². The lowest BCUT2D eigenvalue weighted by Gasteiger charge is -2.23. The van der Waals surface area contributed by atoms with Gasteiger partial charge in [-0.1, -0.05) is 24.3 Å². The van der Waals surface area contributed by atoms with Crippen LogP contribution in [0.5, 0.6) is 0 Å². The van der Waals surface area contributed by atoms with Gasteiger partial charge in [0, 0.05) is 19.6 Å². The van der Waals surface area contributed by atoms with E-state index in [4.69, 9.17) is 9.73 Å². The lowest BCUT2D eigenvalue weighted by Crippen LogP contribution is -2.44. The van der Waals surface area contributed by atoms with Gasteiger partial charge in [0.2, 0.25) is 0 Å². The van der Waals surface area contributed by atoms with Crippen molar-refractivity contribution >= 4 is 36.0 Å². The van der Waals surface area contributed by atoms with Crippen molar-refractivity contribution in [3.05, 3.63) is 35.4 Å². The number of carbonyl (C=O) groups is 1. The van der Waals surface area contributed by atoms with Crippen LogP contribution in [0.1, 0.15) is 45.2 Å². The Hall–Kier alpha value is -1.51. The number of nitrogens with zero attached hydrogens (tertiary/aromatic N) is 2. The molecule has 7 heteroatoms. The van der Waals surface area contributed by atoms with Crippen molar-refractivity contribution in [2.24, 2.45) is 4.99 Å². The maximum atomic E-state index is 12.0. The number of ether oxygens (including phenoxy) is 1. The van der Waals surface area contributed by atoms with Gasteiger partial charge in [-0.3, -0.25) is 0 Å². The largest absolute Gasteiger partial charge is 0.444 e. The molecule has 1 aromatic rings. The van der Waals surface area contributed by atoms with Crippen LogP contribution in [0.4, 0.5) is 4.79 Å². The van der Waals surface area contributed by atoms with E-state index in [2.05, 4.69) is 41.5 Å². The average Bonchev–Trinajstić information content (AvgIpc) is 2.99. The van der Waals surface area contributed by atoms with Crippen molar-refractivity contribution in [1.82, 2.24) is 15.5 Å². The Morgan fingerprint density at radius 2 is 2.04 bits per heavy atom. The minimum Gasteiger partial charge on any atom is -0.444 e. The summed E-state index contributed by atoms with van der Waals surface area (Å²) >= 11 is 0. The van der Waals surface area contributed by atoms with Gasteiger partial charge in [0.15, 0.2) is 5.96 Å². The summed E-state index contributed by atoms with van der Waals surface area (Å²) in [4.78, 5) is 19.0. The second-order valence-electron chi connectivity index (χ2n) is 7.67. The van der Waals surface area contributed by atoms with E-state index in [1.807, 2.05) is 32.9 Å². The number of aliphatic imine (C=N–C) groups is 1. The van der Waals surface area contributed by atoms with Gasteiger partial charge in [0.25, 0.3) is 0 Å². The van der Waals surface area contributed by atoms with Gasteiger partial charge >= 0.3 is 6.09 Å². The van der Waals surface area contributed by atoms with E-state index >= 15 is 0 Å². The maximum Gasteiger partial charge on any atom is 0.407 e. The number of carbonyl (C=O) groups excluding carboxylic acids is 1. The minimum atomic E-state index is -0.480.